The molecule has 2 aliphatic rings. The third kappa shape index (κ3) is 1.51. The molecule has 1 fully saturated rings. The molecule has 0 aromatic carbocycles. The average Bonchev–Trinajstić information content (AvgIpc) is 3.15. The highest BCUT2D eigenvalue weighted by Gasteiger charge is 2.35. The Bertz CT molecular complexity index is 661. The van der Waals surface area contributed by atoms with E-state index in [0.29, 0.717) is 11.2 Å². The number of nitrogens with zero attached hydrogens (tertiary/aromatic N) is 5. The molecule has 3 heterocycles. The first-order valence-corrected chi connectivity index (χ1v) is 6.89. The smallest absolute Gasteiger partial charge is 0.152 e. The lowest BCUT2D eigenvalue weighted by atomic mass is 9.99. The SMILES string of the molecule is CC1c2nn(C3CC3)nc2-c2ccnc(Cl)c2N1C. The molecule has 0 saturated heterocycles. The Labute approximate surface area is 116 Å². The molecule has 1 aliphatic heterocycles. The Morgan fingerprint density at radius 1 is 1.32 bits per heavy atom. The van der Waals surface area contributed by atoms with Gasteiger partial charge in [-0.3, -0.25) is 0 Å². The predicted molar refractivity (Wildman–Crippen MR) is 73.4 cm³/mol. The maximum Gasteiger partial charge on any atom is 0.152 e. The fraction of sp³-hybridized carbons (Fsp3) is 0.462. The van der Waals surface area contributed by atoms with E-state index in [2.05, 4.69) is 27.0 Å². The predicted octanol–water partition coefficient (Wildman–Crippen LogP) is 2.84. The van der Waals surface area contributed by atoms with Crippen LogP contribution in [0.1, 0.15) is 37.5 Å². The van der Waals surface area contributed by atoms with Crippen LogP contribution in [-0.2, 0) is 0 Å². The summed E-state index contributed by atoms with van der Waals surface area (Å²) in [5.41, 5.74) is 3.97. The van der Waals surface area contributed by atoms with Crippen molar-refractivity contribution in [3.63, 3.8) is 0 Å². The molecule has 1 atom stereocenters. The molecule has 5 nitrogen and oxygen atoms in total. The highest BCUT2D eigenvalue weighted by Crippen LogP contribution is 2.45. The summed E-state index contributed by atoms with van der Waals surface area (Å²) in [4.78, 5) is 8.17. The largest absolute Gasteiger partial charge is 0.363 e. The second-order valence-electron chi connectivity index (χ2n) is 5.27. The lowest BCUT2D eigenvalue weighted by Gasteiger charge is -2.32. The summed E-state index contributed by atoms with van der Waals surface area (Å²) >= 11 is 6.24. The van der Waals surface area contributed by atoms with Gasteiger partial charge in [0.15, 0.2) is 5.15 Å². The maximum absolute atomic E-state index is 6.24. The summed E-state index contributed by atoms with van der Waals surface area (Å²) in [5, 5.41) is 9.87. The summed E-state index contributed by atoms with van der Waals surface area (Å²) in [6, 6.07) is 2.62. The quantitative estimate of drug-likeness (QED) is 0.751. The standard InChI is InChI=1S/C13H14ClN5/c1-7-10-11(17-19(16-10)8-3-4-8)9-5-6-15-13(14)12(9)18(7)2/h5-8H,3-4H2,1-2H3. The van der Waals surface area contributed by atoms with Gasteiger partial charge < -0.3 is 4.90 Å². The molecule has 0 N–H and O–H groups in total. The molecular weight excluding hydrogens is 262 g/mol. The molecule has 2 aromatic heterocycles. The number of aromatic nitrogens is 4. The van der Waals surface area contributed by atoms with Gasteiger partial charge in [0.25, 0.3) is 0 Å². The number of fused-ring (bicyclic) bond motifs is 3. The molecule has 1 saturated carbocycles. The van der Waals surface area contributed by atoms with Crippen molar-refractivity contribution in [2.45, 2.75) is 31.8 Å². The Morgan fingerprint density at radius 3 is 2.84 bits per heavy atom. The number of pyridine rings is 1. The molecule has 98 valence electrons. The van der Waals surface area contributed by atoms with Crippen LogP contribution in [0.15, 0.2) is 12.3 Å². The normalized spacial score (nSPS) is 21.2. The zero-order chi connectivity index (χ0) is 13.1. The first-order chi connectivity index (χ1) is 9.16. The van der Waals surface area contributed by atoms with E-state index in [0.717, 1.165) is 22.6 Å². The van der Waals surface area contributed by atoms with E-state index in [1.807, 2.05) is 17.9 Å². The summed E-state index contributed by atoms with van der Waals surface area (Å²) in [6.07, 6.45) is 4.09. The minimum Gasteiger partial charge on any atom is -0.363 e. The number of anilines is 1. The molecule has 4 rings (SSSR count). The zero-order valence-corrected chi connectivity index (χ0v) is 11.6. The topological polar surface area (TPSA) is 46.8 Å². The third-order valence-electron chi connectivity index (χ3n) is 3.99. The first-order valence-electron chi connectivity index (χ1n) is 6.51. The fourth-order valence-corrected chi connectivity index (χ4v) is 2.90. The van der Waals surface area contributed by atoms with E-state index in [4.69, 9.17) is 11.6 Å². The monoisotopic (exact) mass is 275 g/mol. The lowest BCUT2D eigenvalue weighted by molar-refractivity contribution is 0.542. The number of hydrogen-bond acceptors (Lipinski definition) is 4. The number of hydrogen-bond donors (Lipinski definition) is 0. The van der Waals surface area contributed by atoms with Gasteiger partial charge in [0.2, 0.25) is 0 Å². The van der Waals surface area contributed by atoms with Crippen LogP contribution >= 0.6 is 11.6 Å². The van der Waals surface area contributed by atoms with Crippen LogP contribution in [0.4, 0.5) is 5.69 Å². The molecule has 0 spiro atoms. The van der Waals surface area contributed by atoms with Crippen molar-refractivity contribution >= 4 is 17.3 Å². The minimum atomic E-state index is 0.164. The first kappa shape index (κ1) is 11.2. The van der Waals surface area contributed by atoms with Crippen LogP contribution in [0, 0.1) is 0 Å². The van der Waals surface area contributed by atoms with Gasteiger partial charge >= 0.3 is 0 Å². The molecule has 19 heavy (non-hydrogen) atoms. The Hall–Kier alpha value is -1.62. The van der Waals surface area contributed by atoms with E-state index in [-0.39, 0.29) is 6.04 Å². The van der Waals surface area contributed by atoms with Gasteiger partial charge in [0.1, 0.15) is 11.4 Å². The minimum absolute atomic E-state index is 0.164. The second kappa shape index (κ2) is 3.70. The average molecular weight is 276 g/mol. The highest BCUT2D eigenvalue weighted by molar-refractivity contribution is 6.32. The molecule has 0 amide bonds. The van der Waals surface area contributed by atoms with E-state index in [9.17, 15) is 0 Å². The van der Waals surface area contributed by atoms with Crippen molar-refractivity contribution < 1.29 is 0 Å². The van der Waals surface area contributed by atoms with Crippen molar-refractivity contribution in [3.05, 3.63) is 23.1 Å². The molecule has 0 radical (unpaired) electrons. The molecule has 6 heteroatoms. The molecule has 0 bridgehead atoms. The van der Waals surface area contributed by atoms with Crippen LogP contribution in [0.25, 0.3) is 11.3 Å². The summed E-state index contributed by atoms with van der Waals surface area (Å²) in [6.45, 7) is 2.12. The third-order valence-corrected chi connectivity index (χ3v) is 4.27. The van der Waals surface area contributed by atoms with Crippen molar-refractivity contribution in [1.29, 1.82) is 0 Å². The molecule has 1 unspecified atom stereocenters. The Morgan fingerprint density at radius 2 is 2.11 bits per heavy atom. The van der Waals surface area contributed by atoms with Gasteiger partial charge in [0, 0.05) is 18.8 Å². The molecule has 2 aromatic rings. The van der Waals surface area contributed by atoms with Crippen molar-refractivity contribution in [3.8, 4) is 11.3 Å². The Balaban J connectivity index is 1.97. The summed E-state index contributed by atoms with van der Waals surface area (Å²) in [5.74, 6) is 0. The molecule has 1 aliphatic carbocycles. The second-order valence-corrected chi connectivity index (χ2v) is 5.63. The van der Waals surface area contributed by atoms with Crippen LogP contribution in [0.3, 0.4) is 0 Å². The Kier molecular flexibility index (Phi) is 2.18. The molecular formula is C13H14ClN5. The van der Waals surface area contributed by atoms with Crippen molar-refractivity contribution in [2.24, 2.45) is 0 Å². The maximum atomic E-state index is 6.24. The zero-order valence-electron chi connectivity index (χ0n) is 10.8. The van der Waals surface area contributed by atoms with Crippen molar-refractivity contribution in [1.82, 2.24) is 20.0 Å². The van der Waals surface area contributed by atoms with E-state index >= 15 is 0 Å². The van der Waals surface area contributed by atoms with Crippen molar-refractivity contribution in [2.75, 3.05) is 11.9 Å². The van der Waals surface area contributed by atoms with Crippen LogP contribution in [0.5, 0.6) is 0 Å². The van der Waals surface area contributed by atoms with Gasteiger partial charge in [-0.05, 0) is 25.8 Å². The van der Waals surface area contributed by atoms with E-state index in [1.165, 1.54) is 12.8 Å². The van der Waals surface area contributed by atoms with Gasteiger partial charge in [0.05, 0.1) is 17.8 Å². The van der Waals surface area contributed by atoms with Crippen LogP contribution in [-0.4, -0.2) is 27.0 Å². The number of rotatable bonds is 1. The van der Waals surface area contributed by atoms with Gasteiger partial charge in [-0.25, -0.2) is 4.98 Å². The van der Waals surface area contributed by atoms with E-state index < -0.39 is 0 Å². The van der Waals surface area contributed by atoms with Gasteiger partial charge in [-0.2, -0.15) is 15.0 Å². The van der Waals surface area contributed by atoms with Gasteiger partial charge in [-0.1, -0.05) is 11.6 Å². The highest BCUT2D eigenvalue weighted by atomic mass is 35.5. The van der Waals surface area contributed by atoms with Crippen LogP contribution < -0.4 is 4.90 Å². The van der Waals surface area contributed by atoms with E-state index in [1.54, 1.807) is 6.20 Å². The van der Waals surface area contributed by atoms with Crippen LogP contribution in [0.2, 0.25) is 5.15 Å². The fourth-order valence-electron chi connectivity index (χ4n) is 2.61. The lowest BCUT2D eigenvalue weighted by Crippen LogP contribution is -2.26. The van der Waals surface area contributed by atoms with Gasteiger partial charge in [-0.15, -0.1) is 0 Å². The summed E-state index contributed by atoms with van der Waals surface area (Å²) < 4.78 is 0. The summed E-state index contributed by atoms with van der Waals surface area (Å²) in [7, 11) is 2.02. The number of halogens is 1.